The monoisotopic (exact) mass is 356 g/mol. The average Bonchev–Trinajstić information content (AvgIpc) is 3.02. The summed E-state index contributed by atoms with van der Waals surface area (Å²) < 4.78 is 38.0. The normalized spacial score (nSPS) is 11.1. The van der Waals surface area contributed by atoms with Gasteiger partial charge in [0, 0.05) is 11.5 Å². The van der Waals surface area contributed by atoms with Gasteiger partial charge in [-0.05, 0) is 18.2 Å². The lowest BCUT2D eigenvalue weighted by Crippen LogP contribution is -1.99. The second kappa shape index (κ2) is 6.14. The first-order valence-corrected chi connectivity index (χ1v) is 7.72. The van der Waals surface area contributed by atoms with Crippen LogP contribution in [0.5, 0.6) is 11.5 Å². The van der Waals surface area contributed by atoms with Crippen molar-refractivity contribution in [2.75, 3.05) is 19.5 Å². The number of ether oxygens (including phenoxy) is 2. The van der Waals surface area contributed by atoms with E-state index in [2.05, 4.69) is 20.3 Å². The summed E-state index contributed by atoms with van der Waals surface area (Å²) in [5.41, 5.74) is 1.91. The number of methoxy groups -OCH3 is 2. The number of rotatable bonds is 4. The van der Waals surface area contributed by atoms with E-state index < -0.39 is 11.6 Å². The number of H-pyrrole nitrogens is 1. The van der Waals surface area contributed by atoms with Crippen LogP contribution in [-0.2, 0) is 0 Å². The van der Waals surface area contributed by atoms with E-state index in [1.807, 2.05) is 0 Å². The highest BCUT2D eigenvalue weighted by Gasteiger charge is 2.16. The molecular formula is C18H14F2N4O2. The van der Waals surface area contributed by atoms with Crippen LogP contribution in [0, 0.1) is 11.6 Å². The van der Waals surface area contributed by atoms with E-state index in [1.165, 1.54) is 18.5 Å². The van der Waals surface area contributed by atoms with E-state index in [0.29, 0.717) is 28.4 Å². The van der Waals surface area contributed by atoms with Crippen molar-refractivity contribution in [3.8, 4) is 11.5 Å². The molecule has 2 aromatic heterocycles. The molecule has 0 aliphatic carbocycles. The van der Waals surface area contributed by atoms with Crippen LogP contribution in [0.25, 0.3) is 21.9 Å². The highest BCUT2D eigenvalue weighted by molar-refractivity contribution is 6.09. The largest absolute Gasteiger partial charge is 0.493 e. The fraction of sp³-hybridized carbons (Fsp3) is 0.111. The highest BCUT2D eigenvalue weighted by Crippen LogP contribution is 2.36. The number of aromatic amines is 1. The molecule has 0 amide bonds. The van der Waals surface area contributed by atoms with Gasteiger partial charge in [-0.15, -0.1) is 0 Å². The summed E-state index contributed by atoms with van der Waals surface area (Å²) in [5, 5.41) is 3.61. The van der Waals surface area contributed by atoms with E-state index in [-0.39, 0.29) is 5.69 Å². The Labute approximate surface area is 146 Å². The molecule has 0 atom stereocenters. The standard InChI is InChI=1S/C18H14F2N4O2/c1-25-13-6-9-12(7-14(13)26-2)23-17-16(9)21-8-22-18(17)24-11-5-3-4-10(19)15(11)20/h3-8,23H,1-2H3,(H,21,22,24). The smallest absolute Gasteiger partial charge is 0.182 e. The summed E-state index contributed by atoms with van der Waals surface area (Å²) in [7, 11) is 3.10. The molecule has 0 radical (unpaired) electrons. The van der Waals surface area contributed by atoms with Crippen molar-refractivity contribution in [1.82, 2.24) is 15.0 Å². The van der Waals surface area contributed by atoms with Gasteiger partial charge in [0.15, 0.2) is 29.0 Å². The number of fused-ring (bicyclic) bond motifs is 3. The van der Waals surface area contributed by atoms with Crippen LogP contribution in [0.2, 0.25) is 0 Å². The Kier molecular flexibility index (Phi) is 3.80. The molecule has 6 nitrogen and oxygen atoms in total. The number of hydrogen-bond donors (Lipinski definition) is 2. The molecule has 0 aliphatic rings. The molecule has 2 aromatic carbocycles. The number of aromatic nitrogens is 3. The molecule has 26 heavy (non-hydrogen) atoms. The molecule has 0 aliphatic heterocycles. The van der Waals surface area contributed by atoms with E-state index in [1.54, 1.807) is 26.4 Å². The zero-order valence-electron chi connectivity index (χ0n) is 13.9. The lowest BCUT2D eigenvalue weighted by Gasteiger charge is -2.07. The molecule has 4 aromatic rings. The van der Waals surface area contributed by atoms with Gasteiger partial charge in [0.2, 0.25) is 0 Å². The third-order valence-electron chi connectivity index (χ3n) is 4.09. The Hall–Kier alpha value is -3.42. The fourth-order valence-corrected chi connectivity index (χ4v) is 2.84. The molecule has 2 heterocycles. The molecule has 0 saturated carbocycles. The van der Waals surface area contributed by atoms with Crippen molar-refractivity contribution < 1.29 is 18.3 Å². The lowest BCUT2D eigenvalue weighted by atomic mass is 10.2. The van der Waals surface area contributed by atoms with Gasteiger partial charge in [0.1, 0.15) is 17.4 Å². The zero-order valence-corrected chi connectivity index (χ0v) is 13.9. The second-order valence-electron chi connectivity index (χ2n) is 5.55. The van der Waals surface area contributed by atoms with Crippen LogP contribution in [0.3, 0.4) is 0 Å². The van der Waals surface area contributed by atoms with Gasteiger partial charge in [0.25, 0.3) is 0 Å². The molecule has 132 valence electrons. The molecule has 2 N–H and O–H groups in total. The SMILES string of the molecule is COc1cc2[nH]c3c(Nc4cccc(F)c4F)ncnc3c2cc1OC. The number of anilines is 2. The van der Waals surface area contributed by atoms with Crippen LogP contribution in [0.1, 0.15) is 0 Å². The van der Waals surface area contributed by atoms with E-state index in [9.17, 15) is 8.78 Å². The number of nitrogens with one attached hydrogen (secondary N) is 2. The second-order valence-corrected chi connectivity index (χ2v) is 5.55. The predicted octanol–water partition coefficient (Wildman–Crippen LogP) is 4.15. The van der Waals surface area contributed by atoms with Gasteiger partial charge in [0.05, 0.1) is 25.4 Å². The minimum atomic E-state index is -0.973. The van der Waals surface area contributed by atoms with Crippen LogP contribution in [0.4, 0.5) is 20.3 Å². The van der Waals surface area contributed by atoms with Gasteiger partial charge >= 0.3 is 0 Å². The van der Waals surface area contributed by atoms with Crippen LogP contribution in [0.15, 0.2) is 36.7 Å². The average molecular weight is 356 g/mol. The van der Waals surface area contributed by atoms with E-state index in [4.69, 9.17) is 9.47 Å². The molecule has 0 bridgehead atoms. The van der Waals surface area contributed by atoms with Gasteiger partial charge in [-0.2, -0.15) is 0 Å². The lowest BCUT2D eigenvalue weighted by molar-refractivity contribution is 0.356. The number of benzene rings is 2. The van der Waals surface area contributed by atoms with Gasteiger partial charge < -0.3 is 19.8 Å². The number of halogens is 2. The van der Waals surface area contributed by atoms with Crippen molar-refractivity contribution >= 4 is 33.4 Å². The Morgan fingerprint density at radius 3 is 2.58 bits per heavy atom. The molecule has 0 unspecified atom stereocenters. The van der Waals surface area contributed by atoms with E-state index >= 15 is 0 Å². The Bertz CT molecular complexity index is 1130. The van der Waals surface area contributed by atoms with Crippen molar-refractivity contribution in [2.24, 2.45) is 0 Å². The van der Waals surface area contributed by atoms with Crippen molar-refractivity contribution in [2.45, 2.75) is 0 Å². The maximum Gasteiger partial charge on any atom is 0.182 e. The Morgan fingerprint density at radius 2 is 1.81 bits per heavy atom. The fourth-order valence-electron chi connectivity index (χ4n) is 2.84. The topological polar surface area (TPSA) is 72.1 Å². The summed E-state index contributed by atoms with van der Waals surface area (Å²) in [5.74, 6) is -0.464. The van der Waals surface area contributed by atoms with Crippen LogP contribution >= 0.6 is 0 Å². The van der Waals surface area contributed by atoms with Gasteiger partial charge in [-0.25, -0.2) is 18.7 Å². The van der Waals surface area contributed by atoms with Crippen LogP contribution < -0.4 is 14.8 Å². The predicted molar refractivity (Wildman–Crippen MR) is 94.1 cm³/mol. The first-order valence-electron chi connectivity index (χ1n) is 7.72. The van der Waals surface area contributed by atoms with E-state index in [0.717, 1.165) is 17.0 Å². The molecule has 4 rings (SSSR count). The summed E-state index contributed by atoms with van der Waals surface area (Å²) in [6.07, 6.45) is 1.35. The maximum atomic E-state index is 14.0. The number of hydrogen-bond acceptors (Lipinski definition) is 5. The summed E-state index contributed by atoms with van der Waals surface area (Å²) >= 11 is 0. The first kappa shape index (κ1) is 16.1. The summed E-state index contributed by atoms with van der Waals surface area (Å²) in [6.45, 7) is 0. The quantitative estimate of drug-likeness (QED) is 0.575. The Morgan fingerprint density at radius 1 is 1.04 bits per heavy atom. The summed E-state index contributed by atoms with van der Waals surface area (Å²) in [4.78, 5) is 11.6. The minimum absolute atomic E-state index is 0.0150. The molecular weight excluding hydrogens is 342 g/mol. The van der Waals surface area contributed by atoms with Crippen molar-refractivity contribution in [3.05, 3.63) is 48.3 Å². The van der Waals surface area contributed by atoms with Gasteiger partial charge in [-0.1, -0.05) is 6.07 Å². The molecule has 8 heteroatoms. The summed E-state index contributed by atoms with van der Waals surface area (Å²) in [6, 6.07) is 7.48. The third kappa shape index (κ3) is 2.46. The van der Waals surface area contributed by atoms with Crippen molar-refractivity contribution in [3.63, 3.8) is 0 Å². The van der Waals surface area contributed by atoms with Gasteiger partial charge in [-0.3, -0.25) is 0 Å². The van der Waals surface area contributed by atoms with Crippen molar-refractivity contribution in [1.29, 1.82) is 0 Å². The van der Waals surface area contributed by atoms with Crippen LogP contribution in [-0.4, -0.2) is 29.2 Å². The molecule has 0 saturated heterocycles. The minimum Gasteiger partial charge on any atom is -0.493 e. The molecule has 0 spiro atoms. The zero-order chi connectivity index (χ0) is 18.3. The molecule has 0 fully saturated rings. The highest BCUT2D eigenvalue weighted by atomic mass is 19.2. The third-order valence-corrected chi connectivity index (χ3v) is 4.09. The first-order chi connectivity index (χ1) is 12.6. The maximum absolute atomic E-state index is 14.0. The number of nitrogens with zero attached hydrogens (tertiary/aromatic N) is 2. The Balaban J connectivity index is 1.90.